The van der Waals surface area contributed by atoms with E-state index in [2.05, 4.69) is 35.7 Å². The fourth-order valence-electron chi connectivity index (χ4n) is 0.420. The van der Waals surface area contributed by atoms with Crippen LogP contribution in [0.15, 0.2) is 30.3 Å². The van der Waals surface area contributed by atoms with Gasteiger partial charge in [-0.15, -0.1) is 0 Å². The van der Waals surface area contributed by atoms with Crippen molar-refractivity contribution in [2.75, 3.05) is 0 Å². The molecule has 0 atom stereocenters. The molecule has 0 fully saturated rings. The molecule has 0 amide bonds. The van der Waals surface area contributed by atoms with Crippen LogP contribution < -0.4 is 4.46 Å². The Morgan fingerprint density at radius 3 is 1.55 bits per heavy atom. The SMILES string of the molecule is C[SiH](C)C.[Se]c1ccccc1. The Morgan fingerprint density at radius 1 is 1.00 bits per heavy atom. The zero-order chi connectivity index (χ0) is 8.69. The molecule has 11 heavy (non-hydrogen) atoms. The number of hydrogen-bond donors (Lipinski definition) is 0. The van der Waals surface area contributed by atoms with Crippen molar-refractivity contribution in [3.63, 3.8) is 0 Å². The second-order valence-corrected chi connectivity index (χ2v) is 7.50. The van der Waals surface area contributed by atoms with E-state index < -0.39 is 0 Å². The van der Waals surface area contributed by atoms with E-state index >= 15 is 0 Å². The molecule has 0 saturated carbocycles. The van der Waals surface area contributed by atoms with Gasteiger partial charge < -0.3 is 0 Å². The van der Waals surface area contributed by atoms with Gasteiger partial charge in [0.05, 0.1) is 0 Å². The molecule has 1 radical (unpaired) electrons. The molecule has 0 spiro atoms. The summed E-state index contributed by atoms with van der Waals surface area (Å²) in [4.78, 5) is 0. The maximum absolute atomic E-state index is 2.90. The third kappa shape index (κ3) is 9.96. The Kier molecular flexibility index (Phi) is 6.63. The van der Waals surface area contributed by atoms with Crippen LogP contribution in [0.4, 0.5) is 0 Å². The van der Waals surface area contributed by atoms with Crippen molar-refractivity contribution in [3.05, 3.63) is 30.3 Å². The first kappa shape index (κ1) is 11.0. The third-order valence-electron chi connectivity index (χ3n) is 0.743. The summed E-state index contributed by atoms with van der Waals surface area (Å²) in [7, 11) is -0.139. The predicted molar refractivity (Wildman–Crippen MR) is 56.6 cm³/mol. The van der Waals surface area contributed by atoms with Crippen molar-refractivity contribution in [1.29, 1.82) is 0 Å². The molecule has 2 heteroatoms. The van der Waals surface area contributed by atoms with Crippen LogP contribution in [-0.2, 0) is 0 Å². The third-order valence-corrected chi connectivity index (χ3v) is 1.31. The summed E-state index contributed by atoms with van der Waals surface area (Å²) in [5, 5.41) is 0. The first-order valence-corrected chi connectivity index (χ1v) is 8.17. The summed E-state index contributed by atoms with van der Waals surface area (Å²) >= 11 is 2.90. The molecule has 61 valence electrons. The van der Waals surface area contributed by atoms with Gasteiger partial charge in [0.25, 0.3) is 0 Å². The van der Waals surface area contributed by atoms with Crippen molar-refractivity contribution < 1.29 is 0 Å². The van der Waals surface area contributed by atoms with Crippen LogP contribution in [0.1, 0.15) is 0 Å². The Balaban J connectivity index is 0.000000218. The number of rotatable bonds is 0. The molecular formula is C9H15SeSi. The fourth-order valence-corrected chi connectivity index (χ4v) is 0.750. The Hall–Kier alpha value is -0.0436. The second-order valence-electron chi connectivity index (χ2n) is 3.05. The van der Waals surface area contributed by atoms with Gasteiger partial charge in [-0.05, 0) is 0 Å². The quantitative estimate of drug-likeness (QED) is 0.594. The zero-order valence-corrected chi connectivity index (χ0v) is 10.2. The van der Waals surface area contributed by atoms with Gasteiger partial charge in [0.15, 0.2) is 0 Å². The van der Waals surface area contributed by atoms with E-state index in [0.717, 1.165) is 0 Å². The van der Waals surface area contributed by atoms with Gasteiger partial charge in [-0.25, -0.2) is 0 Å². The molecule has 0 aromatic heterocycles. The van der Waals surface area contributed by atoms with Crippen LogP contribution in [0, 0.1) is 0 Å². The summed E-state index contributed by atoms with van der Waals surface area (Å²) < 4.78 is 1.20. The van der Waals surface area contributed by atoms with Crippen molar-refractivity contribution in [3.8, 4) is 0 Å². The summed E-state index contributed by atoms with van der Waals surface area (Å²) in [6, 6.07) is 10.1. The van der Waals surface area contributed by atoms with Crippen LogP contribution in [0.3, 0.4) is 0 Å². The van der Waals surface area contributed by atoms with Crippen LogP contribution in [-0.4, -0.2) is 24.8 Å². The van der Waals surface area contributed by atoms with Crippen LogP contribution in [0.5, 0.6) is 0 Å². The van der Waals surface area contributed by atoms with Crippen LogP contribution in [0.2, 0.25) is 19.6 Å². The number of benzene rings is 1. The van der Waals surface area contributed by atoms with Gasteiger partial charge in [0.1, 0.15) is 0 Å². The van der Waals surface area contributed by atoms with Crippen molar-refractivity contribution >= 4 is 29.3 Å². The second kappa shape index (κ2) is 6.65. The summed E-state index contributed by atoms with van der Waals surface area (Å²) in [6.07, 6.45) is 0. The van der Waals surface area contributed by atoms with E-state index in [9.17, 15) is 0 Å². The van der Waals surface area contributed by atoms with Crippen molar-refractivity contribution in [1.82, 2.24) is 0 Å². The summed E-state index contributed by atoms with van der Waals surface area (Å²) in [5.41, 5.74) is 0. The maximum atomic E-state index is 2.90. The molecule has 0 bridgehead atoms. The molecule has 0 heterocycles. The van der Waals surface area contributed by atoms with E-state index in [0.29, 0.717) is 0 Å². The van der Waals surface area contributed by atoms with Crippen LogP contribution in [0.25, 0.3) is 0 Å². The molecule has 1 aromatic rings. The Bertz CT molecular complexity index is 169. The molecule has 0 unspecified atom stereocenters. The molecule has 0 aliphatic carbocycles. The van der Waals surface area contributed by atoms with E-state index in [1.165, 1.54) is 4.46 Å². The predicted octanol–water partition coefficient (Wildman–Crippen LogP) is 1.58. The average Bonchev–Trinajstić information content (AvgIpc) is 1.87. The monoisotopic (exact) mass is 231 g/mol. The van der Waals surface area contributed by atoms with E-state index in [1.54, 1.807) is 0 Å². The van der Waals surface area contributed by atoms with E-state index in [-0.39, 0.29) is 8.80 Å². The molecule has 0 N–H and O–H groups in total. The molecule has 0 saturated heterocycles. The molecule has 0 aliphatic heterocycles. The van der Waals surface area contributed by atoms with Crippen molar-refractivity contribution in [2.24, 2.45) is 0 Å². The van der Waals surface area contributed by atoms with Gasteiger partial charge in [-0.1, -0.05) is 19.6 Å². The zero-order valence-electron chi connectivity index (χ0n) is 7.37. The first-order chi connectivity index (χ1) is 5.13. The van der Waals surface area contributed by atoms with Gasteiger partial charge in [0, 0.05) is 8.80 Å². The van der Waals surface area contributed by atoms with Gasteiger partial charge in [0.2, 0.25) is 0 Å². The summed E-state index contributed by atoms with van der Waals surface area (Å²) in [5.74, 6) is 0. The summed E-state index contributed by atoms with van der Waals surface area (Å²) in [6.45, 7) is 6.92. The Labute approximate surface area is 79.4 Å². The fraction of sp³-hybridized carbons (Fsp3) is 0.333. The molecule has 1 rings (SSSR count). The molecule has 0 aliphatic rings. The topological polar surface area (TPSA) is 0 Å². The van der Waals surface area contributed by atoms with E-state index in [1.807, 2.05) is 30.3 Å². The van der Waals surface area contributed by atoms with Gasteiger partial charge >= 0.3 is 50.8 Å². The Morgan fingerprint density at radius 2 is 1.36 bits per heavy atom. The normalized spacial score (nSPS) is 8.73. The first-order valence-electron chi connectivity index (χ1n) is 3.85. The standard InChI is InChI=1S/C6H5Se.C3H10Si/c7-6-4-2-1-3-5-6;1-4(2)3/h1-5H;4H,1-3H3. The van der Waals surface area contributed by atoms with Gasteiger partial charge in [-0.2, -0.15) is 0 Å². The minimum atomic E-state index is -0.139. The van der Waals surface area contributed by atoms with Gasteiger partial charge in [-0.3, -0.25) is 0 Å². The molecule has 1 aromatic carbocycles. The van der Waals surface area contributed by atoms with Crippen molar-refractivity contribution in [2.45, 2.75) is 19.6 Å². The average molecular weight is 230 g/mol. The molecular weight excluding hydrogens is 215 g/mol. The van der Waals surface area contributed by atoms with Crippen LogP contribution >= 0.6 is 0 Å². The van der Waals surface area contributed by atoms with E-state index in [4.69, 9.17) is 0 Å². The number of hydrogen-bond acceptors (Lipinski definition) is 0. The minimum absolute atomic E-state index is 0.139. The molecule has 0 nitrogen and oxygen atoms in total.